The highest BCUT2D eigenvalue weighted by atomic mass is 16.4. The summed E-state index contributed by atoms with van der Waals surface area (Å²) in [6.07, 6.45) is 6.51. The number of carboxylic acids is 1. The van der Waals surface area contributed by atoms with Crippen LogP contribution in [0.5, 0.6) is 0 Å². The first kappa shape index (κ1) is 17.2. The average molecular weight is 341 g/mol. The Labute approximate surface area is 146 Å². The average Bonchev–Trinajstić information content (AvgIpc) is 2.89. The minimum Gasteiger partial charge on any atom is -0.480 e. The number of hydrogen-bond donors (Lipinski definition) is 2. The molecule has 6 heteroatoms. The molecule has 1 aromatic carbocycles. The zero-order valence-electron chi connectivity index (χ0n) is 14.4. The molecule has 6 nitrogen and oxygen atoms in total. The molecule has 132 valence electrons. The Morgan fingerprint density at radius 1 is 1.08 bits per heavy atom. The maximum absolute atomic E-state index is 12.6. The number of amides is 1. The van der Waals surface area contributed by atoms with E-state index in [4.69, 9.17) is 0 Å². The number of carbonyl (C=O) groups is 2. The van der Waals surface area contributed by atoms with Crippen molar-refractivity contribution in [2.45, 2.75) is 51.0 Å². The van der Waals surface area contributed by atoms with Gasteiger partial charge >= 0.3 is 5.97 Å². The third-order valence-corrected chi connectivity index (χ3v) is 4.84. The van der Waals surface area contributed by atoms with Gasteiger partial charge < -0.3 is 10.4 Å². The van der Waals surface area contributed by atoms with Gasteiger partial charge in [0.25, 0.3) is 5.91 Å². The van der Waals surface area contributed by atoms with E-state index in [0.29, 0.717) is 18.4 Å². The van der Waals surface area contributed by atoms with Gasteiger partial charge in [-0.3, -0.25) is 4.79 Å². The van der Waals surface area contributed by atoms with E-state index in [1.807, 2.05) is 31.3 Å². The minimum absolute atomic E-state index is 0.340. The van der Waals surface area contributed by atoms with Crippen LogP contribution in [0.25, 0.3) is 5.69 Å². The zero-order chi connectivity index (χ0) is 17.9. The SMILES string of the molecule is Cc1ccn(-c2ccc(C(=O)NC3(C(=O)O)CCCCCC3)cc2)n1. The van der Waals surface area contributed by atoms with Crippen LogP contribution in [0.2, 0.25) is 0 Å². The van der Waals surface area contributed by atoms with Crippen molar-refractivity contribution >= 4 is 11.9 Å². The van der Waals surface area contributed by atoms with Crippen LogP contribution in [0.1, 0.15) is 54.6 Å². The fraction of sp³-hybridized carbons (Fsp3) is 0.421. The molecule has 3 rings (SSSR count). The van der Waals surface area contributed by atoms with Crippen molar-refractivity contribution in [3.05, 3.63) is 47.8 Å². The number of carboxylic acid groups (broad SMARTS) is 1. The van der Waals surface area contributed by atoms with E-state index in [1.165, 1.54) is 0 Å². The fourth-order valence-corrected chi connectivity index (χ4v) is 3.34. The summed E-state index contributed by atoms with van der Waals surface area (Å²) < 4.78 is 1.74. The molecule has 0 spiro atoms. The third kappa shape index (κ3) is 3.73. The highest BCUT2D eigenvalue weighted by Crippen LogP contribution is 2.28. The summed E-state index contributed by atoms with van der Waals surface area (Å²) in [4.78, 5) is 24.4. The number of nitrogens with one attached hydrogen (secondary N) is 1. The number of aryl methyl sites for hydroxylation is 1. The molecule has 1 saturated carbocycles. The molecule has 0 saturated heterocycles. The summed E-state index contributed by atoms with van der Waals surface area (Å²) >= 11 is 0. The molecular weight excluding hydrogens is 318 g/mol. The second-order valence-corrected chi connectivity index (χ2v) is 6.70. The number of hydrogen-bond acceptors (Lipinski definition) is 3. The van der Waals surface area contributed by atoms with Crippen molar-refractivity contribution in [3.8, 4) is 5.69 Å². The monoisotopic (exact) mass is 341 g/mol. The molecule has 25 heavy (non-hydrogen) atoms. The van der Waals surface area contributed by atoms with Gasteiger partial charge in [-0.2, -0.15) is 5.10 Å². The molecule has 1 aliphatic carbocycles. The van der Waals surface area contributed by atoms with Crippen LogP contribution in [0, 0.1) is 6.92 Å². The Balaban J connectivity index is 1.76. The lowest BCUT2D eigenvalue weighted by atomic mass is 9.90. The third-order valence-electron chi connectivity index (χ3n) is 4.84. The van der Waals surface area contributed by atoms with Crippen LogP contribution in [-0.4, -0.2) is 32.3 Å². The van der Waals surface area contributed by atoms with Crippen molar-refractivity contribution in [1.29, 1.82) is 0 Å². The lowest BCUT2D eigenvalue weighted by molar-refractivity contribution is -0.145. The molecule has 1 heterocycles. The Kier molecular flexibility index (Phi) is 4.88. The molecule has 0 radical (unpaired) electrons. The summed E-state index contributed by atoms with van der Waals surface area (Å²) in [5.74, 6) is -1.28. The molecule has 1 aromatic heterocycles. The maximum atomic E-state index is 12.6. The first-order valence-corrected chi connectivity index (χ1v) is 8.69. The summed E-state index contributed by atoms with van der Waals surface area (Å²) in [6, 6.07) is 8.93. The number of aliphatic carboxylic acids is 1. The smallest absolute Gasteiger partial charge is 0.329 e. The van der Waals surface area contributed by atoms with Gasteiger partial charge in [-0.25, -0.2) is 9.48 Å². The summed E-state index contributed by atoms with van der Waals surface area (Å²) in [5.41, 5.74) is 1.08. The second kappa shape index (κ2) is 7.09. The van der Waals surface area contributed by atoms with Crippen molar-refractivity contribution in [3.63, 3.8) is 0 Å². The molecule has 0 bridgehead atoms. The Morgan fingerprint density at radius 2 is 1.72 bits per heavy atom. The quantitative estimate of drug-likeness (QED) is 0.837. The van der Waals surface area contributed by atoms with Crippen molar-refractivity contribution in [1.82, 2.24) is 15.1 Å². The lowest BCUT2D eigenvalue weighted by Gasteiger charge is -2.29. The number of nitrogens with zero attached hydrogens (tertiary/aromatic N) is 2. The Morgan fingerprint density at radius 3 is 2.24 bits per heavy atom. The molecule has 1 amide bonds. The molecule has 0 unspecified atom stereocenters. The molecule has 1 fully saturated rings. The van der Waals surface area contributed by atoms with Gasteiger partial charge in [-0.1, -0.05) is 25.7 Å². The van der Waals surface area contributed by atoms with Gasteiger partial charge in [0.05, 0.1) is 11.4 Å². The summed E-state index contributed by atoms with van der Waals surface area (Å²) in [7, 11) is 0. The van der Waals surface area contributed by atoms with E-state index in [-0.39, 0.29) is 5.91 Å². The highest BCUT2D eigenvalue weighted by molar-refractivity contribution is 5.98. The standard InChI is InChI=1S/C19H23N3O3/c1-14-10-13-22(21-14)16-8-6-15(7-9-16)17(23)20-19(18(24)25)11-4-2-3-5-12-19/h6-10,13H,2-5,11-12H2,1H3,(H,20,23)(H,24,25). The Bertz CT molecular complexity index is 756. The molecular formula is C19H23N3O3. The fourth-order valence-electron chi connectivity index (χ4n) is 3.34. The van der Waals surface area contributed by atoms with Gasteiger partial charge in [0.2, 0.25) is 0 Å². The first-order valence-electron chi connectivity index (χ1n) is 8.69. The van der Waals surface area contributed by atoms with E-state index in [2.05, 4.69) is 10.4 Å². The summed E-state index contributed by atoms with van der Waals surface area (Å²) in [6.45, 7) is 1.91. The summed E-state index contributed by atoms with van der Waals surface area (Å²) in [5, 5.41) is 16.8. The number of benzene rings is 1. The normalized spacial score (nSPS) is 16.8. The maximum Gasteiger partial charge on any atom is 0.329 e. The van der Waals surface area contributed by atoms with Crippen LogP contribution >= 0.6 is 0 Å². The molecule has 0 aliphatic heterocycles. The van der Waals surface area contributed by atoms with Crippen LogP contribution < -0.4 is 5.32 Å². The van der Waals surface area contributed by atoms with Gasteiger partial charge in [0.15, 0.2) is 0 Å². The van der Waals surface area contributed by atoms with Crippen LogP contribution in [0.4, 0.5) is 0 Å². The van der Waals surface area contributed by atoms with Crippen LogP contribution in [0.15, 0.2) is 36.5 Å². The van der Waals surface area contributed by atoms with Gasteiger partial charge in [0, 0.05) is 11.8 Å². The van der Waals surface area contributed by atoms with Gasteiger partial charge in [-0.05, 0) is 50.1 Å². The lowest BCUT2D eigenvalue weighted by Crippen LogP contribution is -2.54. The molecule has 0 atom stereocenters. The second-order valence-electron chi connectivity index (χ2n) is 6.70. The zero-order valence-corrected chi connectivity index (χ0v) is 14.4. The molecule has 1 aliphatic rings. The highest BCUT2D eigenvalue weighted by Gasteiger charge is 2.40. The molecule has 2 N–H and O–H groups in total. The Hall–Kier alpha value is -2.63. The number of rotatable bonds is 4. The van der Waals surface area contributed by atoms with Crippen molar-refractivity contribution in [2.75, 3.05) is 0 Å². The van der Waals surface area contributed by atoms with Crippen LogP contribution in [0.3, 0.4) is 0 Å². The number of carbonyl (C=O) groups excluding carboxylic acids is 1. The van der Waals surface area contributed by atoms with E-state index in [9.17, 15) is 14.7 Å². The van der Waals surface area contributed by atoms with Crippen molar-refractivity contribution in [2.24, 2.45) is 0 Å². The largest absolute Gasteiger partial charge is 0.480 e. The van der Waals surface area contributed by atoms with E-state index >= 15 is 0 Å². The topological polar surface area (TPSA) is 84.2 Å². The first-order chi connectivity index (χ1) is 12.0. The minimum atomic E-state index is -1.15. The van der Waals surface area contributed by atoms with Gasteiger partial charge in [-0.15, -0.1) is 0 Å². The van der Waals surface area contributed by atoms with E-state index in [1.54, 1.807) is 16.8 Å². The van der Waals surface area contributed by atoms with E-state index < -0.39 is 11.5 Å². The predicted molar refractivity (Wildman–Crippen MR) is 93.8 cm³/mol. The van der Waals surface area contributed by atoms with Gasteiger partial charge in [0.1, 0.15) is 5.54 Å². The predicted octanol–water partition coefficient (Wildman–Crippen LogP) is 3.09. The molecule has 2 aromatic rings. The van der Waals surface area contributed by atoms with E-state index in [0.717, 1.165) is 37.1 Å². The number of aromatic nitrogens is 2. The van der Waals surface area contributed by atoms with Crippen LogP contribution in [-0.2, 0) is 4.79 Å². The van der Waals surface area contributed by atoms with Crippen molar-refractivity contribution < 1.29 is 14.7 Å².